The number of amides is 2. The van der Waals surface area contributed by atoms with Gasteiger partial charge in [-0.15, -0.1) is 0 Å². The van der Waals surface area contributed by atoms with Crippen molar-refractivity contribution in [2.45, 2.75) is 6.10 Å². The van der Waals surface area contributed by atoms with Gasteiger partial charge in [0.1, 0.15) is 11.6 Å². The van der Waals surface area contributed by atoms with Crippen LogP contribution < -0.4 is 10.6 Å². The van der Waals surface area contributed by atoms with Gasteiger partial charge in [-0.05, 0) is 24.3 Å². The first-order valence-corrected chi connectivity index (χ1v) is 8.19. The minimum Gasteiger partial charge on any atom is -0.365 e. The SMILES string of the molecule is CNC(=O)C1CN(C(=O)c2cccnc2Nc2ccccc2F)CCO1. The van der Waals surface area contributed by atoms with Crippen LogP contribution in [-0.4, -0.2) is 54.5 Å². The molecule has 1 unspecified atom stereocenters. The first-order valence-electron chi connectivity index (χ1n) is 8.19. The van der Waals surface area contributed by atoms with Gasteiger partial charge in [-0.1, -0.05) is 12.1 Å². The normalized spacial score (nSPS) is 16.8. The van der Waals surface area contributed by atoms with Gasteiger partial charge < -0.3 is 20.3 Å². The molecule has 0 radical (unpaired) electrons. The van der Waals surface area contributed by atoms with E-state index in [1.54, 1.807) is 30.3 Å². The van der Waals surface area contributed by atoms with E-state index in [1.165, 1.54) is 24.2 Å². The van der Waals surface area contributed by atoms with Crippen LogP contribution >= 0.6 is 0 Å². The van der Waals surface area contributed by atoms with Crippen molar-refractivity contribution in [2.75, 3.05) is 32.1 Å². The minimum absolute atomic E-state index is 0.145. The molecule has 3 rings (SSSR count). The topological polar surface area (TPSA) is 83.6 Å². The van der Waals surface area contributed by atoms with E-state index in [4.69, 9.17) is 4.74 Å². The van der Waals surface area contributed by atoms with Crippen molar-refractivity contribution in [1.29, 1.82) is 0 Å². The van der Waals surface area contributed by atoms with Crippen LogP contribution in [0.3, 0.4) is 0 Å². The predicted molar refractivity (Wildman–Crippen MR) is 93.6 cm³/mol. The second-order valence-corrected chi connectivity index (χ2v) is 5.73. The number of pyridine rings is 1. The number of hydrogen-bond donors (Lipinski definition) is 2. The maximum Gasteiger partial charge on any atom is 0.257 e. The molecule has 1 saturated heterocycles. The van der Waals surface area contributed by atoms with Crippen LogP contribution in [0.1, 0.15) is 10.4 Å². The number of ether oxygens (including phenoxy) is 1. The predicted octanol–water partition coefficient (Wildman–Crippen LogP) is 1.55. The van der Waals surface area contributed by atoms with Crippen molar-refractivity contribution >= 4 is 23.3 Å². The Bertz CT molecular complexity index is 815. The Hall–Kier alpha value is -3.00. The molecule has 2 aromatic rings. The molecule has 2 heterocycles. The Kier molecular flexibility index (Phi) is 5.43. The molecule has 1 aliphatic rings. The fraction of sp³-hybridized carbons (Fsp3) is 0.278. The first-order chi connectivity index (χ1) is 12.6. The summed E-state index contributed by atoms with van der Waals surface area (Å²) in [4.78, 5) is 30.4. The molecule has 0 aliphatic carbocycles. The average Bonchev–Trinajstić information content (AvgIpc) is 2.69. The summed E-state index contributed by atoms with van der Waals surface area (Å²) in [6.07, 6.45) is 0.810. The molecule has 0 spiro atoms. The first kappa shape index (κ1) is 17.8. The summed E-state index contributed by atoms with van der Waals surface area (Å²) >= 11 is 0. The summed E-state index contributed by atoms with van der Waals surface area (Å²) in [5, 5.41) is 5.38. The van der Waals surface area contributed by atoms with E-state index in [1.807, 2.05) is 0 Å². The summed E-state index contributed by atoms with van der Waals surface area (Å²) in [6.45, 7) is 0.771. The van der Waals surface area contributed by atoms with E-state index in [0.717, 1.165) is 0 Å². The standard InChI is InChI=1S/C18H19FN4O3/c1-20-17(24)15-11-23(9-10-26-15)18(25)12-5-4-8-21-16(12)22-14-7-3-2-6-13(14)19/h2-8,15H,9-11H2,1H3,(H,20,24)(H,21,22). The third-order valence-corrected chi connectivity index (χ3v) is 4.06. The lowest BCUT2D eigenvalue weighted by atomic mass is 10.1. The third kappa shape index (κ3) is 3.80. The summed E-state index contributed by atoms with van der Waals surface area (Å²) in [6, 6.07) is 9.40. The number of carbonyl (C=O) groups excluding carboxylic acids is 2. The van der Waals surface area contributed by atoms with Crippen molar-refractivity contribution in [3.8, 4) is 0 Å². The fourth-order valence-electron chi connectivity index (χ4n) is 2.69. The van der Waals surface area contributed by atoms with E-state index >= 15 is 0 Å². The van der Waals surface area contributed by atoms with Gasteiger partial charge in [0.25, 0.3) is 11.8 Å². The fourth-order valence-corrected chi connectivity index (χ4v) is 2.69. The summed E-state index contributed by atoms with van der Waals surface area (Å²) < 4.78 is 19.3. The van der Waals surface area contributed by atoms with E-state index in [9.17, 15) is 14.0 Å². The molecule has 8 heteroatoms. The molecule has 136 valence electrons. The number of aromatic nitrogens is 1. The lowest BCUT2D eigenvalue weighted by molar-refractivity contribution is -0.136. The van der Waals surface area contributed by atoms with Gasteiger partial charge in [0.05, 0.1) is 24.4 Å². The number of likely N-dealkylation sites (N-methyl/N-ethyl adjacent to an activating group) is 1. The number of nitrogens with zero attached hydrogens (tertiary/aromatic N) is 2. The molecule has 1 fully saturated rings. The number of halogens is 1. The molecule has 1 aromatic heterocycles. The van der Waals surface area contributed by atoms with Gasteiger partial charge in [-0.25, -0.2) is 9.37 Å². The highest BCUT2D eigenvalue weighted by Gasteiger charge is 2.30. The van der Waals surface area contributed by atoms with Crippen molar-refractivity contribution in [2.24, 2.45) is 0 Å². The number of para-hydroxylation sites is 1. The highest BCUT2D eigenvalue weighted by atomic mass is 19.1. The maximum absolute atomic E-state index is 13.9. The van der Waals surface area contributed by atoms with Crippen molar-refractivity contribution in [3.63, 3.8) is 0 Å². The van der Waals surface area contributed by atoms with E-state index in [0.29, 0.717) is 12.1 Å². The quantitative estimate of drug-likeness (QED) is 0.866. The molecular formula is C18H19FN4O3. The van der Waals surface area contributed by atoms with Gasteiger partial charge in [-0.2, -0.15) is 0 Å². The average molecular weight is 358 g/mol. The molecule has 2 amide bonds. The smallest absolute Gasteiger partial charge is 0.257 e. The highest BCUT2D eigenvalue weighted by molar-refractivity contribution is 5.99. The zero-order valence-electron chi connectivity index (χ0n) is 14.2. The number of benzene rings is 1. The van der Waals surface area contributed by atoms with Crippen LogP contribution in [0.4, 0.5) is 15.9 Å². The molecule has 0 bridgehead atoms. The number of rotatable bonds is 4. The summed E-state index contributed by atoms with van der Waals surface area (Å²) in [5.74, 6) is -0.763. The largest absolute Gasteiger partial charge is 0.365 e. The van der Waals surface area contributed by atoms with Crippen LogP contribution in [0.2, 0.25) is 0 Å². The second kappa shape index (κ2) is 7.92. The molecule has 2 N–H and O–H groups in total. The van der Waals surface area contributed by atoms with Crippen molar-refractivity contribution < 1.29 is 18.7 Å². The second-order valence-electron chi connectivity index (χ2n) is 5.73. The van der Waals surface area contributed by atoms with Gasteiger partial charge in [0, 0.05) is 19.8 Å². The maximum atomic E-state index is 13.9. The minimum atomic E-state index is -0.711. The Labute approximate surface area is 150 Å². The molecule has 1 aliphatic heterocycles. The van der Waals surface area contributed by atoms with Gasteiger partial charge in [0.15, 0.2) is 6.10 Å². The Morgan fingerprint density at radius 2 is 2.08 bits per heavy atom. The number of hydrogen-bond acceptors (Lipinski definition) is 5. The number of nitrogens with one attached hydrogen (secondary N) is 2. The monoisotopic (exact) mass is 358 g/mol. The lowest BCUT2D eigenvalue weighted by Gasteiger charge is -2.32. The van der Waals surface area contributed by atoms with E-state index in [2.05, 4.69) is 15.6 Å². The molecule has 26 heavy (non-hydrogen) atoms. The van der Waals surface area contributed by atoms with Crippen molar-refractivity contribution in [3.05, 3.63) is 54.0 Å². The van der Waals surface area contributed by atoms with Crippen LogP contribution in [0.25, 0.3) is 0 Å². The highest BCUT2D eigenvalue weighted by Crippen LogP contribution is 2.22. The van der Waals surface area contributed by atoms with Crippen LogP contribution in [0, 0.1) is 5.82 Å². The number of morpholine rings is 1. The van der Waals surface area contributed by atoms with Crippen LogP contribution in [0.15, 0.2) is 42.6 Å². The lowest BCUT2D eigenvalue weighted by Crippen LogP contribution is -2.51. The molecular weight excluding hydrogens is 339 g/mol. The Morgan fingerprint density at radius 3 is 2.85 bits per heavy atom. The van der Waals surface area contributed by atoms with E-state index < -0.39 is 11.9 Å². The van der Waals surface area contributed by atoms with Gasteiger partial charge >= 0.3 is 0 Å². The zero-order valence-corrected chi connectivity index (χ0v) is 14.2. The van der Waals surface area contributed by atoms with Crippen LogP contribution in [-0.2, 0) is 9.53 Å². The molecule has 1 aromatic carbocycles. The number of carbonyl (C=O) groups is 2. The Morgan fingerprint density at radius 1 is 1.27 bits per heavy atom. The zero-order chi connectivity index (χ0) is 18.5. The Balaban J connectivity index is 1.82. The van der Waals surface area contributed by atoms with Gasteiger partial charge in [-0.3, -0.25) is 9.59 Å². The molecule has 7 nitrogen and oxygen atoms in total. The van der Waals surface area contributed by atoms with E-state index in [-0.39, 0.29) is 36.5 Å². The third-order valence-electron chi connectivity index (χ3n) is 4.06. The molecule has 0 saturated carbocycles. The number of anilines is 2. The summed E-state index contributed by atoms with van der Waals surface area (Å²) in [7, 11) is 1.52. The summed E-state index contributed by atoms with van der Waals surface area (Å²) in [5.41, 5.74) is 0.527. The van der Waals surface area contributed by atoms with Gasteiger partial charge in [0.2, 0.25) is 0 Å². The van der Waals surface area contributed by atoms with Crippen molar-refractivity contribution in [1.82, 2.24) is 15.2 Å². The van der Waals surface area contributed by atoms with Crippen LogP contribution in [0.5, 0.6) is 0 Å². The molecule has 1 atom stereocenters.